The number of rotatable bonds is 6. The summed E-state index contributed by atoms with van der Waals surface area (Å²) in [6.07, 6.45) is 0.237. The number of aryl methyl sites for hydroxylation is 1. The molecule has 3 aromatic rings. The molecule has 0 fully saturated rings. The summed E-state index contributed by atoms with van der Waals surface area (Å²) in [6.45, 7) is 5.77. The van der Waals surface area contributed by atoms with Crippen molar-refractivity contribution in [3.8, 4) is 5.69 Å². The number of hydrogen-bond donors (Lipinski definition) is 1. The van der Waals surface area contributed by atoms with E-state index in [9.17, 15) is 13.2 Å². The lowest BCUT2D eigenvalue weighted by atomic mass is 10.1. The average molecular weight is 427 g/mol. The normalized spacial score (nSPS) is 12.6. The summed E-state index contributed by atoms with van der Waals surface area (Å²) in [5, 5.41) is 9.75. The molecule has 30 heavy (non-hydrogen) atoms. The molecule has 0 aliphatic carbocycles. The van der Waals surface area contributed by atoms with E-state index in [4.69, 9.17) is 5.14 Å². The van der Waals surface area contributed by atoms with Crippen molar-refractivity contribution in [1.29, 1.82) is 0 Å². The van der Waals surface area contributed by atoms with Gasteiger partial charge in [0.1, 0.15) is 0 Å². The van der Waals surface area contributed by atoms with E-state index in [1.54, 1.807) is 24.1 Å². The molecule has 0 radical (unpaired) electrons. The molecule has 1 aromatic heterocycles. The van der Waals surface area contributed by atoms with Crippen molar-refractivity contribution in [3.05, 3.63) is 77.1 Å². The van der Waals surface area contributed by atoms with Crippen molar-refractivity contribution in [2.45, 2.75) is 38.1 Å². The number of hydrogen-bond acceptors (Lipinski definition) is 4. The topological polar surface area (TPSA) is 98.3 Å². The monoisotopic (exact) mass is 426 g/mol. The zero-order valence-electron chi connectivity index (χ0n) is 17.5. The molecule has 0 saturated carbocycles. The highest BCUT2D eigenvalue weighted by molar-refractivity contribution is 7.89. The second-order valence-electron chi connectivity index (χ2n) is 7.37. The number of nitrogens with zero attached hydrogens (tertiary/aromatic N) is 3. The van der Waals surface area contributed by atoms with Crippen LogP contribution in [0.25, 0.3) is 5.69 Å². The van der Waals surface area contributed by atoms with Crippen molar-refractivity contribution >= 4 is 15.9 Å². The zero-order valence-corrected chi connectivity index (χ0v) is 18.3. The van der Waals surface area contributed by atoms with E-state index in [2.05, 4.69) is 5.10 Å². The van der Waals surface area contributed by atoms with Crippen molar-refractivity contribution in [3.63, 3.8) is 0 Å². The van der Waals surface area contributed by atoms with Crippen LogP contribution < -0.4 is 5.14 Å². The van der Waals surface area contributed by atoms with E-state index in [0.29, 0.717) is 0 Å². The maximum absolute atomic E-state index is 13.0. The number of nitrogens with two attached hydrogens (primary N) is 1. The molecule has 7 nitrogen and oxygen atoms in total. The Labute approximate surface area is 177 Å². The van der Waals surface area contributed by atoms with Gasteiger partial charge in [0.2, 0.25) is 15.9 Å². The molecular formula is C22H26N4O3S. The zero-order chi connectivity index (χ0) is 22.1. The molecule has 0 aliphatic rings. The second-order valence-corrected chi connectivity index (χ2v) is 8.93. The van der Waals surface area contributed by atoms with Gasteiger partial charge in [0.15, 0.2) is 0 Å². The fraction of sp³-hybridized carbons (Fsp3) is 0.273. The second kappa shape index (κ2) is 8.41. The predicted octanol–water partition coefficient (Wildman–Crippen LogP) is 2.90. The molecule has 1 heterocycles. The van der Waals surface area contributed by atoms with Gasteiger partial charge in [-0.1, -0.05) is 30.3 Å². The Bertz CT molecular complexity index is 1150. The Morgan fingerprint density at radius 1 is 1.10 bits per heavy atom. The Morgan fingerprint density at radius 3 is 2.27 bits per heavy atom. The molecule has 1 atom stereocenters. The van der Waals surface area contributed by atoms with Gasteiger partial charge in [-0.15, -0.1) is 0 Å². The van der Waals surface area contributed by atoms with Gasteiger partial charge in [0.25, 0.3) is 0 Å². The van der Waals surface area contributed by atoms with Gasteiger partial charge in [-0.05, 0) is 50.6 Å². The average Bonchev–Trinajstić information content (AvgIpc) is 3.01. The Hall–Kier alpha value is -2.97. The number of aromatic nitrogens is 2. The van der Waals surface area contributed by atoms with E-state index in [0.717, 1.165) is 28.2 Å². The third-order valence-corrected chi connectivity index (χ3v) is 6.36. The Balaban J connectivity index is 1.78. The first-order valence-corrected chi connectivity index (χ1v) is 11.1. The van der Waals surface area contributed by atoms with Gasteiger partial charge in [-0.2, -0.15) is 5.10 Å². The maximum Gasteiger partial charge on any atom is 0.238 e. The van der Waals surface area contributed by atoms with Crippen LogP contribution in [0.4, 0.5) is 0 Å². The molecule has 3 rings (SSSR count). The van der Waals surface area contributed by atoms with Crippen LogP contribution in [0.1, 0.15) is 35.5 Å². The number of primary sulfonamides is 1. The molecule has 0 aliphatic heterocycles. The van der Waals surface area contributed by atoms with Crippen LogP contribution in [-0.4, -0.2) is 36.1 Å². The summed E-state index contributed by atoms with van der Waals surface area (Å²) in [6, 6.07) is 15.9. The lowest BCUT2D eigenvalue weighted by Crippen LogP contribution is -2.31. The van der Waals surface area contributed by atoms with Gasteiger partial charge in [-0.3, -0.25) is 4.79 Å². The van der Waals surface area contributed by atoms with Crippen molar-refractivity contribution in [1.82, 2.24) is 14.7 Å². The molecule has 2 N–H and O–H groups in total. The minimum absolute atomic E-state index is 0.0446. The smallest absolute Gasteiger partial charge is 0.238 e. The highest BCUT2D eigenvalue weighted by atomic mass is 32.2. The van der Waals surface area contributed by atoms with E-state index in [1.807, 2.05) is 55.8 Å². The van der Waals surface area contributed by atoms with Gasteiger partial charge < -0.3 is 4.90 Å². The largest absolute Gasteiger partial charge is 0.339 e. The molecular weight excluding hydrogens is 400 g/mol. The quantitative estimate of drug-likeness (QED) is 0.655. The first-order chi connectivity index (χ1) is 14.1. The van der Waals surface area contributed by atoms with Crippen LogP contribution in [0.3, 0.4) is 0 Å². The van der Waals surface area contributed by atoms with Crippen LogP contribution >= 0.6 is 0 Å². The third-order valence-electron chi connectivity index (χ3n) is 5.44. The van der Waals surface area contributed by atoms with Crippen LogP contribution in [0.5, 0.6) is 0 Å². The molecule has 8 heteroatoms. The SMILES string of the molecule is Cc1nn(-c2ccccc2)c(C)c1CC(=O)N(C)C(C)c1ccc(S(N)(=O)=O)cc1. The minimum Gasteiger partial charge on any atom is -0.339 e. The standard InChI is InChI=1S/C22H26N4O3S/c1-15-21(17(3)26(24-15)19-8-6-5-7-9-19)14-22(27)25(4)16(2)18-10-12-20(13-11-18)30(23,28)29/h5-13,16H,14H2,1-4H3,(H2,23,28,29). The van der Waals surface area contributed by atoms with Crippen LogP contribution in [0, 0.1) is 13.8 Å². The summed E-state index contributed by atoms with van der Waals surface area (Å²) in [5.41, 5.74) is 4.45. The Kier molecular flexibility index (Phi) is 6.09. The fourth-order valence-corrected chi connectivity index (χ4v) is 3.92. The molecule has 158 valence electrons. The van der Waals surface area contributed by atoms with E-state index in [-0.39, 0.29) is 23.3 Å². The first-order valence-electron chi connectivity index (χ1n) is 9.58. The summed E-state index contributed by atoms with van der Waals surface area (Å²) in [7, 11) is -2.00. The number of sulfonamides is 1. The molecule has 0 bridgehead atoms. The predicted molar refractivity (Wildman–Crippen MR) is 116 cm³/mol. The van der Waals surface area contributed by atoms with Crippen LogP contribution in [0.2, 0.25) is 0 Å². The summed E-state index contributed by atoms with van der Waals surface area (Å²) >= 11 is 0. The molecule has 0 spiro atoms. The highest BCUT2D eigenvalue weighted by Gasteiger charge is 2.22. The number of carbonyl (C=O) groups is 1. The molecule has 0 saturated heterocycles. The summed E-state index contributed by atoms with van der Waals surface area (Å²) in [5.74, 6) is -0.0446. The van der Waals surface area contributed by atoms with Gasteiger partial charge in [0.05, 0.1) is 28.7 Å². The van der Waals surface area contributed by atoms with Crippen molar-refractivity contribution < 1.29 is 13.2 Å². The molecule has 1 unspecified atom stereocenters. The first kappa shape index (κ1) is 21.7. The summed E-state index contributed by atoms with van der Waals surface area (Å²) < 4.78 is 24.7. The van der Waals surface area contributed by atoms with Gasteiger partial charge in [-0.25, -0.2) is 18.2 Å². The number of benzene rings is 2. The lowest BCUT2D eigenvalue weighted by Gasteiger charge is -2.25. The van der Waals surface area contributed by atoms with Crippen molar-refractivity contribution in [2.24, 2.45) is 5.14 Å². The number of para-hydroxylation sites is 1. The lowest BCUT2D eigenvalue weighted by molar-refractivity contribution is -0.131. The minimum atomic E-state index is -3.74. The number of amides is 1. The van der Waals surface area contributed by atoms with Crippen LogP contribution in [0.15, 0.2) is 59.5 Å². The fourth-order valence-electron chi connectivity index (χ4n) is 3.40. The third kappa shape index (κ3) is 4.44. The van der Waals surface area contributed by atoms with E-state index in [1.165, 1.54) is 12.1 Å². The van der Waals surface area contributed by atoms with E-state index >= 15 is 0 Å². The van der Waals surface area contributed by atoms with Crippen LogP contribution in [-0.2, 0) is 21.2 Å². The van der Waals surface area contributed by atoms with Crippen molar-refractivity contribution in [2.75, 3.05) is 7.05 Å². The number of likely N-dealkylation sites (N-methyl/N-ethyl adjacent to an activating group) is 1. The summed E-state index contributed by atoms with van der Waals surface area (Å²) in [4.78, 5) is 14.7. The van der Waals surface area contributed by atoms with Gasteiger partial charge >= 0.3 is 0 Å². The molecule has 1 amide bonds. The maximum atomic E-state index is 13.0. The number of carbonyl (C=O) groups excluding carboxylic acids is 1. The van der Waals surface area contributed by atoms with E-state index < -0.39 is 10.0 Å². The van der Waals surface area contributed by atoms with Gasteiger partial charge in [0, 0.05) is 18.3 Å². The Morgan fingerprint density at radius 2 is 1.70 bits per heavy atom. The highest BCUT2D eigenvalue weighted by Crippen LogP contribution is 2.23. The molecule has 2 aromatic carbocycles.